The van der Waals surface area contributed by atoms with Crippen molar-refractivity contribution in [2.45, 2.75) is 18.9 Å². The topological polar surface area (TPSA) is 69.6 Å². The van der Waals surface area contributed by atoms with Crippen LogP contribution in [0.2, 0.25) is 0 Å². The fourth-order valence-corrected chi connectivity index (χ4v) is 1.76. The minimum atomic E-state index is -0.704. The van der Waals surface area contributed by atoms with Gasteiger partial charge in [0.05, 0.1) is 18.5 Å². The molecular formula is C9H19NO3S. The van der Waals surface area contributed by atoms with Crippen LogP contribution in [0, 0.1) is 0 Å². The molecule has 0 aromatic carbocycles. The summed E-state index contributed by atoms with van der Waals surface area (Å²) in [7, 11) is 1.86. The summed E-state index contributed by atoms with van der Waals surface area (Å²) in [4.78, 5) is 11.2. The zero-order valence-corrected chi connectivity index (χ0v) is 9.35. The van der Waals surface area contributed by atoms with Crippen molar-refractivity contribution in [1.29, 1.82) is 0 Å². The molecule has 0 aromatic rings. The summed E-state index contributed by atoms with van der Waals surface area (Å²) >= 11 is 1.37. The molecule has 0 aliphatic heterocycles. The minimum Gasteiger partial charge on any atom is -0.394 e. The molecule has 1 unspecified atom stereocenters. The van der Waals surface area contributed by atoms with Gasteiger partial charge in [0.25, 0.3) is 0 Å². The number of carbonyl (C=O) groups excluding carboxylic acids is 1. The molecule has 0 bridgehead atoms. The van der Waals surface area contributed by atoms with E-state index in [1.54, 1.807) is 0 Å². The second kappa shape index (κ2) is 9.45. The summed E-state index contributed by atoms with van der Waals surface area (Å²) in [5.41, 5.74) is 0. The molecule has 0 aliphatic rings. The first-order valence-electron chi connectivity index (χ1n) is 4.73. The third-order valence-electron chi connectivity index (χ3n) is 1.67. The Morgan fingerprint density at radius 3 is 2.86 bits per heavy atom. The first-order chi connectivity index (χ1) is 6.70. The van der Waals surface area contributed by atoms with E-state index in [0.29, 0.717) is 17.9 Å². The first kappa shape index (κ1) is 13.9. The molecule has 0 fully saturated rings. The van der Waals surface area contributed by atoms with Gasteiger partial charge in [-0.25, -0.2) is 0 Å². The van der Waals surface area contributed by atoms with Crippen molar-refractivity contribution in [3.63, 3.8) is 0 Å². The molecule has 5 heteroatoms. The average Bonchev–Trinajstić information content (AvgIpc) is 2.18. The maximum absolute atomic E-state index is 11.2. The van der Waals surface area contributed by atoms with Gasteiger partial charge in [-0.05, 0) is 20.0 Å². The largest absolute Gasteiger partial charge is 0.394 e. The molecule has 4 nitrogen and oxygen atoms in total. The predicted molar refractivity (Wildman–Crippen MR) is 58.6 cm³/mol. The maximum Gasteiger partial charge on any atom is 0.142 e. The molecule has 3 N–H and O–H groups in total. The Bertz CT molecular complexity index is 155. The number of carbonyl (C=O) groups is 1. The molecule has 84 valence electrons. The molecule has 0 rings (SSSR count). The number of ketones is 1. The van der Waals surface area contributed by atoms with Crippen molar-refractivity contribution in [3.05, 3.63) is 0 Å². The Morgan fingerprint density at radius 1 is 1.57 bits per heavy atom. The van der Waals surface area contributed by atoms with Gasteiger partial charge in [0, 0.05) is 12.2 Å². The van der Waals surface area contributed by atoms with Gasteiger partial charge in [0.15, 0.2) is 0 Å². The van der Waals surface area contributed by atoms with Gasteiger partial charge in [-0.2, -0.15) is 11.8 Å². The van der Waals surface area contributed by atoms with Crippen LogP contribution in [-0.4, -0.2) is 53.8 Å². The van der Waals surface area contributed by atoms with E-state index in [0.717, 1.165) is 13.0 Å². The van der Waals surface area contributed by atoms with Crippen LogP contribution in [0.15, 0.2) is 0 Å². The van der Waals surface area contributed by atoms with E-state index in [9.17, 15) is 4.79 Å². The van der Waals surface area contributed by atoms with Crippen LogP contribution in [0.25, 0.3) is 0 Å². The normalized spacial score (nSPS) is 12.8. The van der Waals surface area contributed by atoms with Gasteiger partial charge in [-0.15, -0.1) is 0 Å². The molecule has 0 amide bonds. The van der Waals surface area contributed by atoms with Crippen LogP contribution in [0.4, 0.5) is 0 Å². The second-order valence-corrected chi connectivity index (χ2v) is 4.13. The Balaban J connectivity index is 3.26. The monoisotopic (exact) mass is 221 g/mol. The summed E-state index contributed by atoms with van der Waals surface area (Å²) in [6, 6.07) is 0. The Kier molecular flexibility index (Phi) is 9.39. The van der Waals surface area contributed by atoms with Crippen LogP contribution >= 0.6 is 11.8 Å². The molecule has 0 saturated carbocycles. The molecule has 14 heavy (non-hydrogen) atoms. The van der Waals surface area contributed by atoms with Gasteiger partial charge in [-0.1, -0.05) is 0 Å². The molecule has 1 atom stereocenters. The van der Waals surface area contributed by atoms with Crippen molar-refractivity contribution in [1.82, 2.24) is 5.32 Å². The first-order valence-corrected chi connectivity index (χ1v) is 5.89. The van der Waals surface area contributed by atoms with Crippen molar-refractivity contribution in [2.75, 3.05) is 31.7 Å². The van der Waals surface area contributed by atoms with Gasteiger partial charge in [-0.3, -0.25) is 4.79 Å². The highest BCUT2D eigenvalue weighted by atomic mass is 32.2. The Hall–Kier alpha value is -0.100. The molecule has 0 heterocycles. The van der Waals surface area contributed by atoms with E-state index in [1.165, 1.54) is 11.8 Å². The van der Waals surface area contributed by atoms with E-state index in [-0.39, 0.29) is 12.4 Å². The number of nitrogens with one attached hydrogen (secondary N) is 1. The zero-order chi connectivity index (χ0) is 10.8. The number of aliphatic hydroxyl groups excluding tert-OH is 2. The van der Waals surface area contributed by atoms with Gasteiger partial charge in [0.1, 0.15) is 5.78 Å². The quantitative estimate of drug-likeness (QED) is 0.464. The van der Waals surface area contributed by atoms with Crippen LogP contribution in [0.3, 0.4) is 0 Å². The van der Waals surface area contributed by atoms with Crippen molar-refractivity contribution < 1.29 is 15.0 Å². The molecule has 0 saturated heterocycles. The Morgan fingerprint density at radius 2 is 2.29 bits per heavy atom. The lowest BCUT2D eigenvalue weighted by atomic mass is 10.2. The van der Waals surface area contributed by atoms with Gasteiger partial charge >= 0.3 is 0 Å². The molecular weight excluding hydrogens is 202 g/mol. The van der Waals surface area contributed by atoms with Crippen molar-refractivity contribution in [3.8, 4) is 0 Å². The summed E-state index contributed by atoms with van der Waals surface area (Å²) in [5.74, 6) is 1.06. The third kappa shape index (κ3) is 8.50. The van der Waals surface area contributed by atoms with Crippen LogP contribution in [0.5, 0.6) is 0 Å². The van der Waals surface area contributed by atoms with Crippen LogP contribution < -0.4 is 5.32 Å². The average molecular weight is 221 g/mol. The summed E-state index contributed by atoms with van der Waals surface area (Å²) in [5, 5.41) is 20.5. The van der Waals surface area contributed by atoms with Gasteiger partial charge in [0.2, 0.25) is 0 Å². The van der Waals surface area contributed by atoms with E-state index in [4.69, 9.17) is 10.2 Å². The number of rotatable bonds is 9. The fourth-order valence-electron chi connectivity index (χ4n) is 0.896. The highest BCUT2D eigenvalue weighted by molar-refractivity contribution is 7.99. The summed E-state index contributed by atoms with van der Waals surface area (Å²) in [6.07, 6.45) is 0.742. The second-order valence-electron chi connectivity index (χ2n) is 3.10. The minimum absolute atomic E-state index is 0.204. The zero-order valence-electron chi connectivity index (χ0n) is 8.53. The van der Waals surface area contributed by atoms with E-state index in [1.807, 2.05) is 7.05 Å². The summed E-state index contributed by atoms with van der Waals surface area (Å²) < 4.78 is 0. The van der Waals surface area contributed by atoms with E-state index >= 15 is 0 Å². The molecule has 0 radical (unpaired) electrons. The van der Waals surface area contributed by atoms with Gasteiger partial charge < -0.3 is 15.5 Å². The lowest BCUT2D eigenvalue weighted by Crippen LogP contribution is -2.16. The van der Waals surface area contributed by atoms with E-state index < -0.39 is 6.10 Å². The summed E-state index contributed by atoms with van der Waals surface area (Å²) in [6.45, 7) is 0.622. The Labute approximate surface area is 89.1 Å². The standard InChI is InChI=1S/C9H19NO3S/c1-10-4-2-3-8(12)6-14-7-9(13)5-11/h9-11,13H,2-7H2,1H3. The number of hydrogen-bond donors (Lipinski definition) is 3. The molecule has 0 aromatic heterocycles. The highest BCUT2D eigenvalue weighted by Gasteiger charge is 2.05. The maximum atomic E-state index is 11.2. The number of Topliss-reactive ketones (excluding diaryl/α,β-unsaturated/α-hetero) is 1. The van der Waals surface area contributed by atoms with Crippen LogP contribution in [0.1, 0.15) is 12.8 Å². The third-order valence-corrected chi connectivity index (χ3v) is 2.81. The molecule has 0 aliphatic carbocycles. The lowest BCUT2D eigenvalue weighted by molar-refractivity contribution is -0.116. The lowest BCUT2D eigenvalue weighted by Gasteiger charge is -2.05. The van der Waals surface area contributed by atoms with Crippen molar-refractivity contribution in [2.24, 2.45) is 0 Å². The number of hydrogen-bond acceptors (Lipinski definition) is 5. The SMILES string of the molecule is CNCCCC(=O)CSCC(O)CO. The van der Waals surface area contributed by atoms with Crippen molar-refractivity contribution >= 4 is 17.5 Å². The van der Waals surface area contributed by atoms with E-state index in [2.05, 4.69) is 5.32 Å². The fraction of sp³-hybridized carbons (Fsp3) is 0.889. The number of aliphatic hydroxyl groups is 2. The molecule has 0 spiro atoms. The van der Waals surface area contributed by atoms with Crippen LogP contribution in [-0.2, 0) is 4.79 Å². The smallest absolute Gasteiger partial charge is 0.142 e. The highest BCUT2D eigenvalue weighted by Crippen LogP contribution is 2.05. The predicted octanol–water partition coefficient (Wildman–Crippen LogP) is -0.359. The number of thioether (sulfide) groups is 1.